The number of aryl methyl sites for hydroxylation is 1. The summed E-state index contributed by atoms with van der Waals surface area (Å²) in [5.74, 6) is 0.106. The number of fused-ring (bicyclic) bond motifs is 1. The summed E-state index contributed by atoms with van der Waals surface area (Å²) in [6.07, 6.45) is 1.73. The normalized spacial score (nSPS) is 13.9. The van der Waals surface area contributed by atoms with Gasteiger partial charge in [-0.2, -0.15) is 0 Å². The van der Waals surface area contributed by atoms with Crippen LogP contribution >= 0.6 is 0 Å². The molecule has 2 N–H and O–H groups in total. The molecule has 0 radical (unpaired) electrons. The molecule has 3 rings (SSSR count). The van der Waals surface area contributed by atoms with Gasteiger partial charge in [0.05, 0.1) is 17.9 Å². The zero-order valence-corrected chi connectivity index (χ0v) is 14.7. The van der Waals surface area contributed by atoms with E-state index >= 15 is 0 Å². The summed E-state index contributed by atoms with van der Waals surface area (Å²) < 4.78 is 16.4. The fourth-order valence-electron chi connectivity index (χ4n) is 3.00. The maximum atomic E-state index is 12.7. The molecule has 0 aliphatic carbocycles. The summed E-state index contributed by atoms with van der Waals surface area (Å²) in [7, 11) is 0. The second-order valence-electron chi connectivity index (χ2n) is 6.12. The number of benzene rings is 1. The van der Waals surface area contributed by atoms with E-state index in [-0.39, 0.29) is 29.7 Å². The minimum absolute atomic E-state index is 0.157. The van der Waals surface area contributed by atoms with Gasteiger partial charge in [0.2, 0.25) is 0 Å². The molecule has 1 aromatic carbocycles. The van der Waals surface area contributed by atoms with Crippen molar-refractivity contribution in [2.24, 2.45) is 0 Å². The SMILES string of the molecule is CCC(NC(=O)c1c(C)coc1CC(=O)O)c1ccc2c(c1)OCCO2. The van der Waals surface area contributed by atoms with Crippen molar-refractivity contribution in [2.45, 2.75) is 32.7 Å². The van der Waals surface area contributed by atoms with Gasteiger partial charge >= 0.3 is 5.97 Å². The van der Waals surface area contributed by atoms with Gasteiger partial charge in [0.15, 0.2) is 11.5 Å². The lowest BCUT2D eigenvalue weighted by atomic mass is 10.0. The number of carbonyl (C=O) groups is 2. The highest BCUT2D eigenvalue weighted by atomic mass is 16.6. The number of ether oxygens (including phenoxy) is 2. The Bertz CT molecular complexity index is 825. The highest BCUT2D eigenvalue weighted by Crippen LogP contribution is 2.33. The summed E-state index contributed by atoms with van der Waals surface area (Å²) in [6, 6.07) is 5.34. The van der Waals surface area contributed by atoms with Crippen LogP contribution in [0.15, 0.2) is 28.9 Å². The third kappa shape index (κ3) is 3.66. The molecule has 0 saturated heterocycles. The van der Waals surface area contributed by atoms with Crippen LogP contribution in [0.25, 0.3) is 0 Å². The molecular formula is C19H21NO6. The maximum absolute atomic E-state index is 12.7. The molecule has 7 heteroatoms. The van der Waals surface area contributed by atoms with Crippen molar-refractivity contribution in [2.75, 3.05) is 13.2 Å². The lowest BCUT2D eigenvalue weighted by molar-refractivity contribution is -0.136. The standard InChI is InChI=1S/C19H21NO6/c1-3-13(12-4-5-14-15(8-12)25-7-6-24-14)20-19(23)18-11(2)10-26-16(18)9-17(21)22/h4-5,8,10,13H,3,6-7,9H2,1-2H3,(H,20,23)(H,21,22). The molecule has 0 fully saturated rings. The molecule has 0 spiro atoms. The summed E-state index contributed by atoms with van der Waals surface area (Å²) in [5.41, 5.74) is 1.78. The first-order valence-electron chi connectivity index (χ1n) is 8.48. The Morgan fingerprint density at radius 3 is 2.65 bits per heavy atom. The number of aliphatic carboxylic acids is 1. The first kappa shape index (κ1) is 17.8. The molecule has 1 aliphatic heterocycles. The third-order valence-corrected chi connectivity index (χ3v) is 4.27. The van der Waals surface area contributed by atoms with Crippen molar-refractivity contribution >= 4 is 11.9 Å². The number of hydrogen-bond acceptors (Lipinski definition) is 5. The quantitative estimate of drug-likeness (QED) is 0.823. The Hall–Kier alpha value is -2.96. The van der Waals surface area contributed by atoms with Gasteiger partial charge < -0.3 is 24.3 Å². The van der Waals surface area contributed by atoms with E-state index < -0.39 is 5.97 Å². The number of carboxylic acids is 1. The second kappa shape index (κ2) is 7.51. The summed E-state index contributed by atoms with van der Waals surface area (Å²) in [4.78, 5) is 23.7. The fourth-order valence-corrected chi connectivity index (χ4v) is 3.00. The number of furan rings is 1. The number of carbonyl (C=O) groups excluding carboxylic acids is 1. The van der Waals surface area contributed by atoms with Gasteiger partial charge in [-0.05, 0) is 31.0 Å². The van der Waals surface area contributed by atoms with Crippen LogP contribution in [-0.2, 0) is 11.2 Å². The molecular weight excluding hydrogens is 338 g/mol. The molecule has 2 aromatic rings. The predicted molar refractivity (Wildman–Crippen MR) is 92.7 cm³/mol. The van der Waals surface area contributed by atoms with Crippen molar-refractivity contribution in [1.82, 2.24) is 5.32 Å². The van der Waals surface area contributed by atoms with Crippen LogP contribution < -0.4 is 14.8 Å². The molecule has 1 aliphatic rings. The average Bonchev–Trinajstić information content (AvgIpc) is 2.98. The number of amides is 1. The molecule has 1 amide bonds. The van der Waals surface area contributed by atoms with Crippen LogP contribution in [0.1, 0.15) is 46.6 Å². The Morgan fingerprint density at radius 2 is 1.96 bits per heavy atom. The van der Waals surface area contributed by atoms with E-state index in [1.54, 1.807) is 6.92 Å². The molecule has 2 heterocycles. The van der Waals surface area contributed by atoms with Crippen LogP contribution in [0.2, 0.25) is 0 Å². The maximum Gasteiger partial charge on any atom is 0.311 e. The topological polar surface area (TPSA) is 98.0 Å². The van der Waals surface area contributed by atoms with Crippen LogP contribution in [0, 0.1) is 6.92 Å². The number of nitrogens with one attached hydrogen (secondary N) is 1. The van der Waals surface area contributed by atoms with Crippen LogP contribution in [0.4, 0.5) is 0 Å². The van der Waals surface area contributed by atoms with E-state index in [2.05, 4.69) is 5.32 Å². The minimum atomic E-state index is -1.05. The smallest absolute Gasteiger partial charge is 0.311 e. The average molecular weight is 359 g/mol. The summed E-state index contributed by atoms with van der Waals surface area (Å²) in [5, 5.41) is 11.9. The van der Waals surface area contributed by atoms with Gasteiger partial charge in [-0.1, -0.05) is 13.0 Å². The predicted octanol–water partition coefficient (Wildman–Crippen LogP) is 2.87. The van der Waals surface area contributed by atoms with Gasteiger partial charge in [-0.25, -0.2) is 0 Å². The van der Waals surface area contributed by atoms with Crippen molar-refractivity contribution in [3.8, 4) is 11.5 Å². The lowest BCUT2D eigenvalue weighted by Crippen LogP contribution is -2.29. The van der Waals surface area contributed by atoms with Gasteiger partial charge in [0.25, 0.3) is 5.91 Å². The van der Waals surface area contributed by atoms with Gasteiger partial charge in [-0.15, -0.1) is 0 Å². The van der Waals surface area contributed by atoms with Gasteiger partial charge in [-0.3, -0.25) is 9.59 Å². The Kier molecular flexibility index (Phi) is 5.16. The number of hydrogen-bond donors (Lipinski definition) is 2. The molecule has 26 heavy (non-hydrogen) atoms. The van der Waals surface area contributed by atoms with Gasteiger partial charge in [0, 0.05) is 5.56 Å². The lowest BCUT2D eigenvalue weighted by Gasteiger charge is -2.22. The Labute approximate surface area is 150 Å². The zero-order valence-electron chi connectivity index (χ0n) is 14.7. The second-order valence-corrected chi connectivity index (χ2v) is 6.12. The Balaban J connectivity index is 1.81. The van der Waals surface area contributed by atoms with E-state index in [9.17, 15) is 9.59 Å². The highest BCUT2D eigenvalue weighted by Gasteiger charge is 2.24. The molecule has 1 aromatic heterocycles. The summed E-state index contributed by atoms with van der Waals surface area (Å²) >= 11 is 0. The van der Waals surface area contributed by atoms with Crippen molar-refractivity contribution in [1.29, 1.82) is 0 Å². The molecule has 138 valence electrons. The number of carboxylic acid groups (broad SMARTS) is 1. The zero-order chi connectivity index (χ0) is 18.7. The first-order chi connectivity index (χ1) is 12.5. The molecule has 1 unspecified atom stereocenters. The number of rotatable bonds is 6. The molecule has 0 bridgehead atoms. The van der Waals surface area contributed by atoms with Crippen molar-refractivity contribution in [3.63, 3.8) is 0 Å². The fraction of sp³-hybridized carbons (Fsp3) is 0.368. The van der Waals surface area contributed by atoms with E-state index in [0.29, 0.717) is 36.7 Å². The van der Waals surface area contributed by atoms with Crippen molar-refractivity contribution < 1.29 is 28.6 Å². The highest BCUT2D eigenvalue weighted by molar-refractivity contribution is 5.97. The van der Waals surface area contributed by atoms with Crippen molar-refractivity contribution in [3.05, 3.63) is 46.9 Å². The Morgan fingerprint density at radius 1 is 1.23 bits per heavy atom. The minimum Gasteiger partial charge on any atom is -0.486 e. The molecule has 7 nitrogen and oxygen atoms in total. The van der Waals surface area contributed by atoms with E-state index in [4.69, 9.17) is 19.0 Å². The first-order valence-corrected chi connectivity index (χ1v) is 8.48. The van der Waals surface area contributed by atoms with Crippen LogP contribution in [-0.4, -0.2) is 30.2 Å². The summed E-state index contributed by atoms with van der Waals surface area (Å²) in [6.45, 7) is 4.69. The molecule has 1 atom stereocenters. The van der Waals surface area contributed by atoms with Crippen LogP contribution in [0.5, 0.6) is 11.5 Å². The van der Waals surface area contributed by atoms with Gasteiger partial charge in [0.1, 0.15) is 25.4 Å². The molecule has 0 saturated carbocycles. The third-order valence-electron chi connectivity index (χ3n) is 4.27. The van der Waals surface area contributed by atoms with E-state index in [0.717, 1.165) is 5.56 Å². The van der Waals surface area contributed by atoms with E-state index in [1.807, 2.05) is 25.1 Å². The largest absolute Gasteiger partial charge is 0.486 e. The van der Waals surface area contributed by atoms with E-state index in [1.165, 1.54) is 6.26 Å². The monoisotopic (exact) mass is 359 g/mol. The van der Waals surface area contributed by atoms with Crippen LogP contribution in [0.3, 0.4) is 0 Å².